The minimum atomic E-state index is -0.213. The summed E-state index contributed by atoms with van der Waals surface area (Å²) in [5.41, 5.74) is 4.62. The first-order valence-electron chi connectivity index (χ1n) is 14.0. The van der Waals surface area contributed by atoms with Crippen molar-refractivity contribution in [1.29, 1.82) is 0 Å². The Morgan fingerprint density at radius 3 is 2.34 bits per heavy atom. The highest BCUT2D eigenvalue weighted by Gasteiger charge is 2.24. The predicted octanol–water partition coefficient (Wildman–Crippen LogP) is 5.43. The van der Waals surface area contributed by atoms with E-state index in [1.165, 1.54) is 44.9 Å². The molecule has 1 aliphatic heterocycles. The Morgan fingerprint density at radius 1 is 1.08 bits per heavy atom. The van der Waals surface area contributed by atoms with Gasteiger partial charge >= 0.3 is 0 Å². The van der Waals surface area contributed by atoms with E-state index in [0.717, 1.165) is 42.3 Å². The zero-order chi connectivity index (χ0) is 27.7. The number of aromatic nitrogens is 1. The molecular formula is C30H45ClN4O3. The number of aryl methyl sites for hydroxylation is 2. The molecule has 1 aliphatic carbocycles. The Hall–Kier alpha value is -2.35. The number of amides is 1. The van der Waals surface area contributed by atoms with Crippen molar-refractivity contribution < 1.29 is 9.53 Å². The number of carbonyl (C=O) groups excluding carboxylic acids is 1. The molecule has 0 unspecified atom stereocenters. The maximum Gasteiger partial charge on any atom is 0.253 e. The van der Waals surface area contributed by atoms with Gasteiger partial charge in [0.25, 0.3) is 11.5 Å². The van der Waals surface area contributed by atoms with Gasteiger partial charge in [-0.05, 0) is 89.8 Å². The highest BCUT2D eigenvalue weighted by atomic mass is 35.5. The van der Waals surface area contributed by atoms with E-state index in [9.17, 15) is 9.59 Å². The molecule has 210 valence electrons. The van der Waals surface area contributed by atoms with E-state index in [0.29, 0.717) is 28.2 Å². The molecule has 0 radical (unpaired) electrons. The van der Waals surface area contributed by atoms with Crippen LogP contribution in [-0.2, 0) is 11.3 Å². The molecule has 1 aromatic heterocycles. The molecule has 2 heterocycles. The number of rotatable bonds is 7. The number of pyridine rings is 1. The third-order valence-corrected chi connectivity index (χ3v) is 8.02. The third-order valence-electron chi connectivity index (χ3n) is 7.80. The SMILES string of the molecule is CCN(c1cc(Cl)cc(C(=O)NCc2c(C)cc(C)[nH]c2=O)c1C)C1CCCCC1.CNC1CCOCC1. The number of ether oxygens (including phenoxy) is 1. The summed E-state index contributed by atoms with van der Waals surface area (Å²) in [5.74, 6) is -0.213. The van der Waals surface area contributed by atoms with Crippen LogP contribution in [0.3, 0.4) is 0 Å². The highest BCUT2D eigenvalue weighted by molar-refractivity contribution is 6.31. The molecule has 4 rings (SSSR count). The molecule has 1 amide bonds. The molecule has 8 heteroatoms. The number of H-pyrrole nitrogens is 1. The second-order valence-corrected chi connectivity index (χ2v) is 10.9. The second kappa shape index (κ2) is 14.7. The summed E-state index contributed by atoms with van der Waals surface area (Å²) in [6.07, 6.45) is 8.51. The molecule has 1 saturated carbocycles. The summed E-state index contributed by atoms with van der Waals surface area (Å²) in [5, 5.41) is 6.69. The Morgan fingerprint density at radius 2 is 1.76 bits per heavy atom. The number of carbonyl (C=O) groups is 1. The number of anilines is 1. The van der Waals surface area contributed by atoms with Gasteiger partial charge in [-0.15, -0.1) is 0 Å². The van der Waals surface area contributed by atoms with Gasteiger partial charge in [0.15, 0.2) is 0 Å². The summed E-state index contributed by atoms with van der Waals surface area (Å²) in [7, 11) is 2.01. The Kier molecular flexibility index (Phi) is 11.7. The summed E-state index contributed by atoms with van der Waals surface area (Å²) >= 11 is 6.43. The molecule has 0 atom stereocenters. The molecule has 7 nitrogen and oxygen atoms in total. The normalized spacial score (nSPS) is 16.5. The van der Waals surface area contributed by atoms with Crippen LogP contribution in [-0.4, -0.2) is 49.8 Å². The number of nitrogens with zero attached hydrogens (tertiary/aromatic N) is 1. The van der Waals surface area contributed by atoms with Crippen LogP contribution in [0, 0.1) is 20.8 Å². The molecular weight excluding hydrogens is 500 g/mol. The minimum absolute atomic E-state index is 0.161. The molecule has 2 fully saturated rings. The lowest BCUT2D eigenvalue weighted by atomic mass is 9.93. The lowest BCUT2D eigenvalue weighted by Crippen LogP contribution is -2.37. The minimum Gasteiger partial charge on any atom is -0.381 e. The van der Waals surface area contributed by atoms with Crippen molar-refractivity contribution in [2.75, 3.05) is 31.7 Å². The third kappa shape index (κ3) is 8.08. The van der Waals surface area contributed by atoms with Gasteiger partial charge < -0.3 is 25.3 Å². The Bertz CT molecular complexity index is 1120. The second-order valence-electron chi connectivity index (χ2n) is 10.5. The summed E-state index contributed by atoms with van der Waals surface area (Å²) in [4.78, 5) is 30.5. The fourth-order valence-electron chi connectivity index (χ4n) is 5.57. The first-order valence-corrected chi connectivity index (χ1v) is 14.4. The van der Waals surface area contributed by atoms with Gasteiger partial charge in [0.1, 0.15) is 0 Å². The van der Waals surface area contributed by atoms with Crippen LogP contribution in [0.1, 0.15) is 84.6 Å². The van der Waals surface area contributed by atoms with Crippen LogP contribution in [0.15, 0.2) is 23.0 Å². The number of hydrogen-bond donors (Lipinski definition) is 3. The van der Waals surface area contributed by atoms with Crippen molar-refractivity contribution in [3.05, 3.63) is 61.5 Å². The number of hydrogen-bond acceptors (Lipinski definition) is 5. The average molecular weight is 545 g/mol. The van der Waals surface area contributed by atoms with Crippen molar-refractivity contribution in [3.8, 4) is 0 Å². The quantitative estimate of drug-likeness (QED) is 0.433. The number of nitrogens with one attached hydrogen (secondary N) is 3. The van der Waals surface area contributed by atoms with Crippen LogP contribution in [0.4, 0.5) is 5.69 Å². The van der Waals surface area contributed by atoms with Crippen LogP contribution in [0.5, 0.6) is 0 Å². The van der Waals surface area contributed by atoms with Gasteiger partial charge in [-0.25, -0.2) is 0 Å². The van der Waals surface area contributed by atoms with Gasteiger partial charge in [0, 0.05) is 65.9 Å². The molecule has 2 aliphatic rings. The lowest BCUT2D eigenvalue weighted by Gasteiger charge is -2.36. The Balaban J connectivity index is 0.000000427. The zero-order valence-corrected chi connectivity index (χ0v) is 24.5. The topological polar surface area (TPSA) is 86.5 Å². The number of benzene rings is 1. The van der Waals surface area contributed by atoms with Gasteiger partial charge in [0.05, 0.1) is 0 Å². The van der Waals surface area contributed by atoms with E-state index in [1.807, 2.05) is 40.0 Å². The van der Waals surface area contributed by atoms with E-state index in [4.69, 9.17) is 16.3 Å². The first kappa shape index (κ1) is 30.2. The monoisotopic (exact) mass is 544 g/mol. The standard InChI is InChI=1S/C24H32ClN3O2.C6H13NO/c1-5-28(19-9-7-6-8-10-19)22-13-18(25)12-20(17(22)4)23(29)26-14-21-15(2)11-16(3)27-24(21)30;1-7-6-2-4-8-5-3-6/h11-13,19H,5-10,14H2,1-4H3,(H,26,29)(H,27,30);6-7H,2-5H2,1H3. The largest absolute Gasteiger partial charge is 0.381 e. The van der Waals surface area contributed by atoms with Gasteiger partial charge in [-0.1, -0.05) is 30.9 Å². The van der Waals surface area contributed by atoms with Crippen LogP contribution >= 0.6 is 11.6 Å². The van der Waals surface area contributed by atoms with Crippen molar-refractivity contribution >= 4 is 23.2 Å². The maximum absolute atomic E-state index is 13.0. The maximum atomic E-state index is 13.0. The molecule has 0 spiro atoms. The van der Waals surface area contributed by atoms with Gasteiger partial charge in [-0.2, -0.15) is 0 Å². The van der Waals surface area contributed by atoms with Crippen LogP contribution in [0.25, 0.3) is 0 Å². The van der Waals surface area contributed by atoms with E-state index in [-0.39, 0.29) is 18.0 Å². The lowest BCUT2D eigenvalue weighted by molar-refractivity contribution is 0.0799. The van der Waals surface area contributed by atoms with E-state index in [2.05, 4.69) is 27.4 Å². The predicted molar refractivity (Wildman–Crippen MR) is 157 cm³/mol. The summed E-state index contributed by atoms with van der Waals surface area (Å²) < 4.78 is 5.16. The van der Waals surface area contributed by atoms with E-state index in [1.54, 1.807) is 6.07 Å². The summed E-state index contributed by atoms with van der Waals surface area (Å²) in [6, 6.07) is 6.81. The highest BCUT2D eigenvalue weighted by Crippen LogP contribution is 2.33. The van der Waals surface area contributed by atoms with E-state index >= 15 is 0 Å². The first-order chi connectivity index (χ1) is 18.2. The summed E-state index contributed by atoms with van der Waals surface area (Å²) in [6.45, 7) is 10.8. The fraction of sp³-hybridized carbons (Fsp3) is 0.600. The van der Waals surface area contributed by atoms with Crippen molar-refractivity contribution in [2.45, 2.75) is 91.3 Å². The molecule has 0 bridgehead atoms. The zero-order valence-electron chi connectivity index (χ0n) is 23.7. The smallest absolute Gasteiger partial charge is 0.253 e. The van der Waals surface area contributed by atoms with Gasteiger partial charge in [-0.3, -0.25) is 9.59 Å². The van der Waals surface area contributed by atoms with Crippen molar-refractivity contribution in [1.82, 2.24) is 15.6 Å². The Labute approximate surface area is 232 Å². The molecule has 1 saturated heterocycles. The molecule has 1 aromatic carbocycles. The van der Waals surface area contributed by atoms with Crippen LogP contribution in [0.2, 0.25) is 5.02 Å². The van der Waals surface area contributed by atoms with Crippen molar-refractivity contribution in [3.63, 3.8) is 0 Å². The molecule has 2 aromatic rings. The number of aromatic amines is 1. The van der Waals surface area contributed by atoms with Gasteiger partial charge in [0.2, 0.25) is 0 Å². The average Bonchev–Trinajstić information content (AvgIpc) is 2.91. The number of halogens is 1. The van der Waals surface area contributed by atoms with Crippen molar-refractivity contribution in [2.24, 2.45) is 0 Å². The molecule has 38 heavy (non-hydrogen) atoms. The van der Waals surface area contributed by atoms with E-state index < -0.39 is 0 Å². The molecule has 3 N–H and O–H groups in total. The fourth-order valence-corrected chi connectivity index (χ4v) is 5.78. The van der Waals surface area contributed by atoms with Crippen LogP contribution < -0.4 is 21.1 Å².